The molecule has 7 heteroatoms. The van der Waals surface area contributed by atoms with Crippen LogP contribution in [0.4, 0.5) is 0 Å². The summed E-state index contributed by atoms with van der Waals surface area (Å²) in [7, 11) is 1.62. The Labute approximate surface area is 183 Å². The summed E-state index contributed by atoms with van der Waals surface area (Å²) >= 11 is 3.53. The van der Waals surface area contributed by atoms with Crippen LogP contribution in [0.2, 0.25) is 0 Å². The molecule has 0 saturated heterocycles. The van der Waals surface area contributed by atoms with Crippen LogP contribution in [0, 0.1) is 0 Å². The molecule has 0 aliphatic heterocycles. The van der Waals surface area contributed by atoms with Crippen LogP contribution >= 0.6 is 15.9 Å². The molecule has 0 heterocycles. The molecule has 0 fully saturated rings. The molecule has 1 aromatic carbocycles. The summed E-state index contributed by atoms with van der Waals surface area (Å²) in [5.41, 5.74) is -0.100. The number of rotatable bonds is 9. The fourth-order valence-corrected chi connectivity index (χ4v) is 3.35. The van der Waals surface area contributed by atoms with Crippen molar-refractivity contribution in [2.45, 2.75) is 65.2 Å². The van der Waals surface area contributed by atoms with Gasteiger partial charge < -0.3 is 14.2 Å². The van der Waals surface area contributed by atoms with E-state index in [-0.39, 0.29) is 31.1 Å². The SMILES string of the molecule is COc1ccc(CC(CBr)N(CC(=O)OC(C)(C)C)CC(=O)OC(C)(C)C)cc1. The summed E-state index contributed by atoms with van der Waals surface area (Å²) in [5.74, 6) is 0.0342. The molecule has 1 atom stereocenters. The highest BCUT2D eigenvalue weighted by molar-refractivity contribution is 9.09. The predicted octanol–water partition coefficient (Wildman–Crippen LogP) is 3.99. The van der Waals surface area contributed by atoms with Crippen LogP contribution in [0.25, 0.3) is 0 Å². The summed E-state index contributed by atoms with van der Waals surface area (Å²) in [6, 6.07) is 7.66. The second-order valence-corrected chi connectivity index (χ2v) is 9.59. The third-order valence-corrected chi connectivity index (χ3v) is 4.58. The van der Waals surface area contributed by atoms with Crippen LogP contribution in [-0.4, -0.2) is 59.6 Å². The van der Waals surface area contributed by atoms with E-state index in [4.69, 9.17) is 14.2 Å². The van der Waals surface area contributed by atoms with Crippen LogP contribution in [0.5, 0.6) is 5.75 Å². The Balaban J connectivity index is 2.97. The first-order chi connectivity index (χ1) is 13.3. The number of hydrogen-bond donors (Lipinski definition) is 0. The summed E-state index contributed by atoms with van der Waals surface area (Å²) in [4.78, 5) is 26.7. The lowest BCUT2D eigenvalue weighted by Crippen LogP contribution is -2.47. The highest BCUT2D eigenvalue weighted by atomic mass is 79.9. The van der Waals surface area contributed by atoms with E-state index in [0.717, 1.165) is 11.3 Å². The van der Waals surface area contributed by atoms with E-state index in [2.05, 4.69) is 15.9 Å². The van der Waals surface area contributed by atoms with E-state index in [0.29, 0.717) is 11.8 Å². The molecule has 0 aliphatic rings. The van der Waals surface area contributed by atoms with Crippen LogP contribution in [-0.2, 0) is 25.5 Å². The van der Waals surface area contributed by atoms with Gasteiger partial charge in [0.2, 0.25) is 0 Å². The average Bonchev–Trinajstić information content (AvgIpc) is 2.56. The van der Waals surface area contributed by atoms with Crippen molar-refractivity contribution in [3.8, 4) is 5.75 Å². The zero-order valence-corrected chi connectivity index (χ0v) is 20.2. The van der Waals surface area contributed by atoms with Gasteiger partial charge in [0.05, 0.1) is 20.2 Å². The summed E-state index contributed by atoms with van der Waals surface area (Å²) in [6.07, 6.45) is 0.654. The minimum atomic E-state index is -0.589. The summed E-state index contributed by atoms with van der Waals surface area (Å²) in [5, 5.41) is 0.588. The third kappa shape index (κ3) is 10.7. The molecule has 0 radical (unpaired) electrons. The van der Waals surface area contributed by atoms with E-state index in [1.54, 1.807) is 12.0 Å². The number of nitrogens with zero attached hydrogens (tertiary/aromatic N) is 1. The Morgan fingerprint density at radius 2 is 1.38 bits per heavy atom. The summed E-state index contributed by atoms with van der Waals surface area (Å²) in [6.45, 7) is 10.9. The molecule has 1 unspecified atom stereocenters. The van der Waals surface area contributed by atoms with Gasteiger partial charge in [-0.1, -0.05) is 28.1 Å². The topological polar surface area (TPSA) is 65.1 Å². The lowest BCUT2D eigenvalue weighted by molar-refractivity contribution is -0.160. The van der Waals surface area contributed by atoms with Gasteiger partial charge in [-0.2, -0.15) is 0 Å². The van der Waals surface area contributed by atoms with Crippen LogP contribution in [0.3, 0.4) is 0 Å². The van der Waals surface area contributed by atoms with Gasteiger partial charge >= 0.3 is 11.9 Å². The van der Waals surface area contributed by atoms with Crippen molar-refractivity contribution in [1.82, 2.24) is 4.90 Å². The first-order valence-corrected chi connectivity index (χ1v) is 10.8. The summed E-state index contributed by atoms with van der Waals surface area (Å²) < 4.78 is 16.1. The minimum Gasteiger partial charge on any atom is -0.497 e. The van der Waals surface area contributed by atoms with Gasteiger partial charge in [-0.3, -0.25) is 14.5 Å². The van der Waals surface area contributed by atoms with Crippen molar-refractivity contribution in [2.24, 2.45) is 0 Å². The molecule has 0 aliphatic carbocycles. The lowest BCUT2D eigenvalue weighted by atomic mass is 10.1. The second kappa shape index (κ2) is 11.0. The normalized spacial score (nSPS) is 13.1. The monoisotopic (exact) mass is 471 g/mol. The number of methoxy groups -OCH3 is 1. The molecule has 0 spiro atoms. The molecule has 0 bridgehead atoms. The number of esters is 2. The van der Waals surface area contributed by atoms with Gasteiger partial charge in [0.25, 0.3) is 0 Å². The standard InChI is InChI=1S/C22H34BrNO5/c1-21(2,3)28-19(25)14-24(15-20(26)29-22(4,5)6)17(13-23)12-16-8-10-18(27-7)11-9-16/h8-11,17H,12-15H2,1-7H3. The quantitative estimate of drug-likeness (QED) is 0.400. The van der Waals surface area contributed by atoms with Crippen molar-refractivity contribution in [3.05, 3.63) is 29.8 Å². The Morgan fingerprint density at radius 1 is 0.931 bits per heavy atom. The van der Waals surface area contributed by atoms with Crippen molar-refractivity contribution in [1.29, 1.82) is 0 Å². The van der Waals surface area contributed by atoms with Gasteiger partial charge in [0, 0.05) is 11.4 Å². The Kier molecular flexibility index (Phi) is 9.62. The number of carbonyl (C=O) groups excluding carboxylic acids is 2. The van der Waals surface area contributed by atoms with Crippen molar-refractivity contribution in [3.63, 3.8) is 0 Å². The molecule has 0 N–H and O–H groups in total. The molecule has 0 saturated carbocycles. The first-order valence-electron chi connectivity index (χ1n) is 9.69. The Morgan fingerprint density at radius 3 is 1.72 bits per heavy atom. The highest BCUT2D eigenvalue weighted by Gasteiger charge is 2.28. The maximum absolute atomic E-state index is 12.4. The van der Waals surface area contributed by atoms with Crippen LogP contribution in [0.15, 0.2) is 24.3 Å². The van der Waals surface area contributed by atoms with Crippen molar-refractivity contribution in [2.75, 3.05) is 25.5 Å². The Bertz CT molecular complexity index is 631. The third-order valence-electron chi connectivity index (χ3n) is 3.83. The van der Waals surface area contributed by atoms with Gasteiger partial charge in [0.15, 0.2) is 0 Å². The maximum Gasteiger partial charge on any atom is 0.320 e. The fourth-order valence-electron chi connectivity index (χ4n) is 2.71. The smallest absolute Gasteiger partial charge is 0.320 e. The van der Waals surface area contributed by atoms with E-state index in [9.17, 15) is 9.59 Å². The number of halogens is 1. The molecule has 29 heavy (non-hydrogen) atoms. The largest absolute Gasteiger partial charge is 0.497 e. The molecule has 1 rings (SSSR count). The lowest BCUT2D eigenvalue weighted by Gasteiger charge is -2.31. The zero-order chi connectivity index (χ0) is 22.2. The number of benzene rings is 1. The molecular formula is C22H34BrNO5. The highest BCUT2D eigenvalue weighted by Crippen LogP contribution is 2.18. The molecule has 0 amide bonds. The fraction of sp³-hybridized carbons (Fsp3) is 0.636. The van der Waals surface area contributed by atoms with E-state index in [1.807, 2.05) is 65.8 Å². The zero-order valence-electron chi connectivity index (χ0n) is 18.6. The van der Waals surface area contributed by atoms with E-state index >= 15 is 0 Å². The second-order valence-electron chi connectivity index (χ2n) is 8.94. The minimum absolute atomic E-state index is 0.00291. The van der Waals surface area contributed by atoms with E-state index < -0.39 is 11.2 Å². The Hall–Kier alpha value is -1.60. The van der Waals surface area contributed by atoms with Crippen molar-refractivity contribution >= 4 is 27.9 Å². The molecule has 6 nitrogen and oxygen atoms in total. The van der Waals surface area contributed by atoms with E-state index in [1.165, 1.54) is 0 Å². The number of ether oxygens (including phenoxy) is 3. The predicted molar refractivity (Wildman–Crippen MR) is 118 cm³/mol. The average molecular weight is 472 g/mol. The van der Waals surface area contributed by atoms with Gasteiger partial charge in [-0.15, -0.1) is 0 Å². The molecule has 0 aromatic heterocycles. The van der Waals surface area contributed by atoms with Crippen molar-refractivity contribution < 1.29 is 23.8 Å². The number of carbonyl (C=O) groups is 2. The number of hydrogen-bond acceptors (Lipinski definition) is 6. The maximum atomic E-state index is 12.4. The molecule has 164 valence electrons. The number of alkyl halides is 1. The van der Waals surface area contributed by atoms with Gasteiger partial charge in [0.1, 0.15) is 17.0 Å². The first kappa shape index (κ1) is 25.4. The molecule has 1 aromatic rings. The van der Waals surface area contributed by atoms with Gasteiger partial charge in [-0.25, -0.2) is 0 Å². The van der Waals surface area contributed by atoms with Crippen LogP contribution < -0.4 is 4.74 Å². The van der Waals surface area contributed by atoms with Gasteiger partial charge in [-0.05, 0) is 65.7 Å². The molecular weight excluding hydrogens is 438 g/mol. The van der Waals surface area contributed by atoms with Crippen LogP contribution in [0.1, 0.15) is 47.1 Å².